The van der Waals surface area contributed by atoms with Crippen molar-refractivity contribution in [3.63, 3.8) is 0 Å². The first-order valence-electron chi connectivity index (χ1n) is 6.14. The molecule has 0 fully saturated rings. The van der Waals surface area contributed by atoms with Crippen LogP contribution in [0, 0.1) is 0 Å². The van der Waals surface area contributed by atoms with E-state index >= 15 is 0 Å². The highest BCUT2D eigenvalue weighted by Gasteiger charge is 2.31. The molecule has 1 aromatic rings. The molecule has 0 aliphatic heterocycles. The summed E-state index contributed by atoms with van der Waals surface area (Å²) in [7, 11) is -3.62. The van der Waals surface area contributed by atoms with Gasteiger partial charge >= 0.3 is 0 Å². The number of rotatable bonds is 6. The van der Waals surface area contributed by atoms with E-state index in [-0.39, 0.29) is 10.6 Å². The number of sulfonamides is 1. The summed E-state index contributed by atoms with van der Waals surface area (Å²) < 4.78 is 27.4. The highest BCUT2D eigenvalue weighted by Crippen LogP contribution is 2.24. The molecule has 6 heteroatoms. The number of anilines is 1. The molecular formula is C12H21N3O2S. The van der Waals surface area contributed by atoms with Gasteiger partial charge in [0.2, 0.25) is 10.0 Å². The maximum atomic E-state index is 12.3. The number of nitrogen functional groups attached to an aromatic ring is 1. The topological polar surface area (TPSA) is 85.1 Å². The highest BCUT2D eigenvalue weighted by molar-refractivity contribution is 7.89. The maximum Gasteiger partial charge on any atom is 0.244 e. The van der Waals surface area contributed by atoms with Crippen LogP contribution in [0.5, 0.6) is 0 Å². The second kappa shape index (κ2) is 5.67. The van der Waals surface area contributed by atoms with Gasteiger partial charge < -0.3 is 5.73 Å². The first-order chi connectivity index (χ1) is 8.40. The molecule has 0 aliphatic carbocycles. The molecule has 5 nitrogen and oxygen atoms in total. The standard InChI is InChI=1S/C12H21N3O2S/c1-4-12(5-2,6-3)15-18(16,17)11-9-14-8-7-10(11)13/h7-9,15H,4-6H2,1-3H3,(H2,13,14). The maximum absolute atomic E-state index is 12.3. The molecule has 1 rings (SSSR count). The lowest BCUT2D eigenvalue weighted by molar-refractivity contribution is 0.342. The van der Waals surface area contributed by atoms with E-state index in [0.29, 0.717) is 0 Å². The quantitative estimate of drug-likeness (QED) is 0.827. The number of nitrogens with one attached hydrogen (secondary N) is 1. The minimum atomic E-state index is -3.62. The van der Waals surface area contributed by atoms with E-state index < -0.39 is 15.6 Å². The van der Waals surface area contributed by atoms with Crippen LogP contribution in [0.25, 0.3) is 0 Å². The van der Waals surface area contributed by atoms with Crippen LogP contribution in [0.1, 0.15) is 40.0 Å². The molecule has 102 valence electrons. The Morgan fingerprint density at radius 1 is 1.28 bits per heavy atom. The van der Waals surface area contributed by atoms with E-state index in [1.807, 2.05) is 20.8 Å². The zero-order valence-electron chi connectivity index (χ0n) is 11.1. The Morgan fingerprint density at radius 3 is 2.28 bits per heavy atom. The summed E-state index contributed by atoms with van der Waals surface area (Å²) >= 11 is 0. The summed E-state index contributed by atoms with van der Waals surface area (Å²) in [5, 5.41) is 0. The molecule has 0 radical (unpaired) electrons. The number of nitrogens with zero attached hydrogens (tertiary/aromatic N) is 1. The zero-order valence-corrected chi connectivity index (χ0v) is 11.9. The zero-order chi connectivity index (χ0) is 13.8. The van der Waals surface area contributed by atoms with Gasteiger partial charge in [0.05, 0.1) is 5.69 Å². The van der Waals surface area contributed by atoms with E-state index in [1.54, 1.807) is 0 Å². The fraction of sp³-hybridized carbons (Fsp3) is 0.583. The molecule has 0 spiro atoms. The monoisotopic (exact) mass is 271 g/mol. The SMILES string of the molecule is CCC(CC)(CC)NS(=O)(=O)c1cnccc1N. The lowest BCUT2D eigenvalue weighted by atomic mass is 9.91. The van der Waals surface area contributed by atoms with Gasteiger partial charge in [-0.1, -0.05) is 20.8 Å². The van der Waals surface area contributed by atoms with Crippen molar-refractivity contribution < 1.29 is 8.42 Å². The third kappa shape index (κ3) is 3.00. The third-order valence-electron chi connectivity index (χ3n) is 3.49. The van der Waals surface area contributed by atoms with Gasteiger partial charge in [-0.15, -0.1) is 0 Å². The average molecular weight is 271 g/mol. The van der Waals surface area contributed by atoms with Gasteiger partial charge in [-0.25, -0.2) is 13.1 Å². The van der Waals surface area contributed by atoms with Gasteiger partial charge in [-0.3, -0.25) is 4.98 Å². The second-order valence-corrected chi connectivity index (χ2v) is 6.01. The predicted molar refractivity (Wildman–Crippen MR) is 72.6 cm³/mol. The molecule has 0 saturated carbocycles. The summed E-state index contributed by atoms with van der Waals surface area (Å²) in [6.07, 6.45) is 4.96. The largest absolute Gasteiger partial charge is 0.398 e. The molecular weight excluding hydrogens is 250 g/mol. The number of hydrogen-bond donors (Lipinski definition) is 2. The van der Waals surface area contributed by atoms with Crippen LogP contribution in [-0.4, -0.2) is 18.9 Å². The molecule has 0 unspecified atom stereocenters. The van der Waals surface area contributed by atoms with Crippen LogP contribution in [0.3, 0.4) is 0 Å². The molecule has 0 aromatic carbocycles. The van der Waals surface area contributed by atoms with Crippen molar-refractivity contribution >= 4 is 15.7 Å². The van der Waals surface area contributed by atoms with Gasteiger partial charge in [0.25, 0.3) is 0 Å². The Morgan fingerprint density at radius 2 is 1.83 bits per heavy atom. The number of nitrogens with two attached hydrogens (primary N) is 1. The smallest absolute Gasteiger partial charge is 0.244 e. The Balaban J connectivity index is 3.13. The van der Waals surface area contributed by atoms with Crippen LogP contribution in [-0.2, 0) is 10.0 Å². The van der Waals surface area contributed by atoms with Crippen molar-refractivity contribution in [1.82, 2.24) is 9.71 Å². The van der Waals surface area contributed by atoms with Crippen molar-refractivity contribution in [3.05, 3.63) is 18.5 Å². The first-order valence-corrected chi connectivity index (χ1v) is 7.62. The van der Waals surface area contributed by atoms with E-state index in [2.05, 4.69) is 9.71 Å². The Labute approximate surface area is 109 Å². The van der Waals surface area contributed by atoms with E-state index in [0.717, 1.165) is 19.3 Å². The molecule has 1 aromatic heterocycles. The molecule has 1 heterocycles. The summed E-state index contributed by atoms with van der Waals surface area (Å²) in [6, 6.07) is 1.49. The fourth-order valence-electron chi connectivity index (χ4n) is 1.92. The van der Waals surface area contributed by atoms with Crippen LogP contribution in [0.15, 0.2) is 23.4 Å². The van der Waals surface area contributed by atoms with Crippen LogP contribution >= 0.6 is 0 Å². The van der Waals surface area contributed by atoms with Crippen molar-refractivity contribution in [3.8, 4) is 0 Å². The van der Waals surface area contributed by atoms with Crippen LogP contribution in [0.2, 0.25) is 0 Å². The minimum absolute atomic E-state index is 0.0460. The Hall–Kier alpha value is -1.14. The molecule has 3 N–H and O–H groups in total. The fourth-order valence-corrected chi connectivity index (χ4v) is 3.61. The average Bonchev–Trinajstić information content (AvgIpc) is 2.36. The van der Waals surface area contributed by atoms with E-state index in [9.17, 15) is 8.42 Å². The van der Waals surface area contributed by atoms with Gasteiger partial charge in [0.1, 0.15) is 4.90 Å². The molecule has 0 bridgehead atoms. The number of aromatic nitrogens is 1. The van der Waals surface area contributed by atoms with Gasteiger partial charge in [-0.05, 0) is 25.3 Å². The molecule has 18 heavy (non-hydrogen) atoms. The van der Waals surface area contributed by atoms with Crippen LogP contribution in [0.4, 0.5) is 5.69 Å². The summed E-state index contributed by atoms with van der Waals surface area (Å²) in [5.41, 5.74) is 5.49. The van der Waals surface area contributed by atoms with Gasteiger partial charge in [0, 0.05) is 17.9 Å². The Bertz CT molecular complexity index is 488. The molecule has 0 atom stereocenters. The van der Waals surface area contributed by atoms with Crippen molar-refractivity contribution in [2.75, 3.05) is 5.73 Å². The van der Waals surface area contributed by atoms with Crippen molar-refractivity contribution in [2.24, 2.45) is 0 Å². The van der Waals surface area contributed by atoms with Gasteiger partial charge in [-0.2, -0.15) is 0 Å². The lowest BCUT2D eigenvalue weighted by Crippen LogP contribution is -2.47. The number of hydrogen-bond acceptors (Lipinski definition) is 4. The summed E-state index contributed by atoms with van der Waals surface area (Å²) in [5.74, 6) is 0. The van der Waals surface area contributed by atoms with Crippen LogP contribution < -0.4 is 10.5 Å². The second-order valence-electron chi connectivity index (χ2n) is 4.36. The molecule has 0 amide bonds. The first kappa shape index (κ1) is 14.9. The summed E-state index contributed by atoms with van der Waals surface area (Å²) in [4.78, 5) is 3.87. The highest BCUT2D eigenvalue weighted by atomic mass is 32.2. The predicted octanol–water partition coefficient (Wildman–Crippen LogP) is 1.91. The van der Waals surface area contributed by atoms with Crippen molar-refractivity contribution in [2.45, 2.75) is 50.5 Å². The molecule has 0 aliphatic rings. The lowest BCUT2D eigenvalue weighted by Gasteiger charge is -2.31. The normalized spacial score (nSPS) is 12.6. The number of pyridine rings is 1. The Kier molecular flexibility index (Phi) is 4.70. The summed E-state index contributed by atoms with van der Waals surface area (Å²) in [6.45, 7) is 5.92. The van der Waals surface area contributed by atoms with Crippen molar-refractivity contribution in [1.29, 1.82) is 0 Å². The minimum Gasteiger partial charge on any atom is -0.398 e. The molecule has 0 saturated heterocycles. The van der Waals surface area contributed by atoms with E-state index in [1.165, 1.54) is 18.5 Å². The van der Waals surface area contributed by atoms with Gasteiger partial charge in [0.15, 0.2) is 0 Å². The third-order valence-corrected chi connectivity index (χ3v) is 5.11. The van der Waals surface area contributed by atoms with E-state index in [4.69, 9.17) is 5.73 Å².